The number of halogens is 1. The lowest BCUT2D eigenvalue weighted by molar-refractivity contribution is 1.03. The molecule has 3 N–H and O–H groups in total. The molecule has 0 amide bonds. The average Bonchev–Trinajstić information content (AvgIpc) is 2.68. The Bertz CT molecular complexity index is 508. The van der Waals surface area contributed by atoms with Gasteiger partial charge in [0.05, 0.1) is 11.4 Å². The summed E-state index contributed by atoms with van der Waals surface area (Å²) in [7, 11) is 0. The first-order valence-corrected chi connectivity index (χ1v) is 6.74. The number of nitrogens with two attached hydrogens (primary N) is 1. The second-order valence-electron chi connectivity index (χ2n) is 3.94. The fourth-order valence-electron chi connectivity index (χ4n) is 1.67. The fraction of sp³-hybridized carbons (Fsp3) is 0.231. The van der Waals surface area contributed by atoms with Crippen LogP contribution in [0.3, 0.4) is 0 Å². The summed E-state index contributed by atoms with van der Waals surface area (Å²) in [6.07, 6.45) is 1.02. The zero-order valence-electron chi connectivity index (χ0n) is 9.66. The second kappa shape index (κ2) is 5.43. The molecule has 1 aromatic carbocycles. The highest BCUT2D eigenvalue weighted by Gasteiger charge is 2.01. The molecule has 0 saturated heterocycles. The van der Waals surface area contributed by atoms with Gasteiger partial charge in [-0.15, -0.1) is 11.3 Å². The Morgan fingerprint density at radius 2 is 2.18 bits per heavy atom. The van der Waals surface area contributed by atoms with Crippen LogP contribution in [-0.4, -0.2) is 6.54 Å². The highest BCUT2D eigenvalue weighted by atomic mass is 35.5. The van der Waals surface area contributed by atoms with Crippen molar-refractivity contribution in [2.75, 3.05) is 17.6 Å². The number of thiophene rings is 1. The largest absolute Gasteiger partial charge is 0.397 e. The number of nitrogens with one attached hydrogen (secondary N) is 1. The molecule has 0 spiro atoms. The van der Waals surface area contributed by atoms with Gasteiger partial charge >= 0.3 is 0 Å². The van der Waals surface area contributed by atoms with Gasteiger partial charge in [0.2, 0.25) is 0 Å². The Kier molecular flexibility index (Phi) is 3.92. The molecule has 2 nitrogen and oxygen atoms in total. The van der Waals surface area contributed by atoms with Crippen LogP contribution in [0, 0.1) is 6.92 Å². The van der Waals surface area contributed by atoms with Crippen LogP contribution in [0.1, 0.15) is 10.4 Å². The minimum absolute atomic E-state index is 0.669. The smallest absolute Gasteiger partial charge is 0.0575 e. The topological polar surface area (TPSA) is 38.0 Å². The lowest BCUT2D eigenvalue weighted by Gasteiger charge is -2.09. The van der Waals surface area contributed by atoms with Crippen LogP contribution < -0.4 is 11.1 Å². The number of rotatable bonds is 4. The molecule has 0 saturated carbocycles. The van der Waals surface area contributed by atoms with Crippen molar-refractivity contribution < 1.29 is 0 Å². The third-order valence-electron chi connectivity index (χ3n) is 2.65. The van der Waals surface area contributed by atoms with Gasteiger partial charge in [0.25, 0.3) is 0 Å². The summed E-state index contributed by atoms with van der Waals surface area (Å²) in [4.78, 5) is 1.42. The zero-order chi connectivity index (χ0) is 12.3. The van der Waals surface area contributed by atoms with Crippen LogP contribution in [0.2, 0.25) is 5.02 Å². The predicted molar refractivity (Wildman–Crippen MR) is 77.1 cm³/mol. The first-order valence-electron chi connectivity index (χ1n) is 5.48. The van der Waals surface area contributed by atoms with Crippen LogP contribution in [0.4, 0.5) is 11.4 Å². The van der Waals surface area contributed by atoms with Crippen LogP contribution in [0.15, 0.2) is 29.6 Å². The zero-order valence-corrected chi connectivity index (χ0v) is 11.2. The molecule has 4 heteroatoms. The first kappa shape index (κ1) is 12.3. The first-order chi connectivity index (χ1) is 8.16. The normalized spacial score (nSPS) is 10.5. The molecule has 0 radical (unpaired) electrons. The molecule has 0 aliphatic carbocycles. The Hall–Kier alpha value is -1.19. The van der Waals surface area contributed by atoms with E-state index in [0.29, 0.717) is 10.7 Å². The summed E-state index contributed by atoms with van der Waals surface area (Å²) < 4.78 is 0. The van der Waals surface area contributed by atoms with E-state index in [4.69, 9.17) is 17.3 Å². The summed E-state index contributed by atoms with van der Waals surface area (Å²) in [5.74, 6) is 0. The van der Waals surface area contributed by atoms with Crippen molar-refractivity contribution in [3.63, 3.8) is 0 Å². The van der Waals surface area contributed by atoms with E-state index in [1.807, 2.05) is 12.1 Å². The minimum Gasteiger partial charge on any atom is -0.397 e. The lowest BCUT2D eigenvalue weighted by Crippen LogP contribution is -2.06. The van der Waals surface area contributed by atoms with Gasteiger partial charge < -0.3 is 11.1 Å². The maximum atomic E-state index is 5.87. The second-order valence-corrected chi connectivity index (χ2v) is 5.37. The van der Waals surface area contributed by atoms with E-state index < -0.39 is 0 Å². The van der Waals surface area contributed by atoms with E-state index in [-0.39, 0.29) is 0 Å². The highest BCUT2D eigenvalue weighted by molar-refractivity contribution is 7.10. The monoisotopic (exact) mass is 266 g/mol. The summed E-state index contributed by atoms with van der Waals surface area (Å²) in [6.45, 7) is 3.02. The summed E-state index contributed by atoms with van der Waals surface area (Å²) in [5, 5.41) is 6.12. The maximum Gasteiger partial charge on any atom is 0.0575 e. The molecule has 1 aromatic heterocycles. The number of hydrogen-bond donors (Lipinski definition) is 2. The molecule has 90 valence electrons. The van der Waals surface area contributed by atoms with Gasteiger partial charge in [-0.1, -0.05) is 11.6 Å². The van der Waals surface area contributed by atoms with Crippen LogP contribution in [0.25, 0.3) is 0 Å². The van der Waals surface area contributed by atoms with Gasteiger partial charge in [0.15, 0.2) is 0 Å². The van der Waals surface area contributed by atoms with Gasteiger partial charge in [-0.25, -0.2) is 0 Å². The molecule has 2 aromatic rings. The standard InChI is InChI=1S/C13H15ClN2S/c1-9-5-7-17-13(9)4-6-16-12-3-2-10(14)8-11(12)15/h2-3,5,7-8,16H,4,6,15H2,1H3. The number of anilines is 2. The van der Waals surface area contributed by atoms with Crippen molar-refractivity contribution >= 4 is 34.3 Å². The fourth-order valence-corrected chi connectivity index (χ4v) is 2.76. The van der Waals surface area contributed by atoms with E-state index in [9.17, 15) is 0 Å². The molecule has 17 heavy (non-hydrogen) atoms. The van der Waals surface area contributed by atoms with Gasteiger partial charge in [-0.3, -0.25) is 0 Å². The molecule has 0 fully saturated rings. The number of benzene rings is 1. The third kappa shape index (κ3) is 3.14. The number of aryl methyl sites for hydroxylation is 1. The molecule has 0 bridgehead atoms. The van der Waals surface area contributed by atoms with Crippen molar-refractivity contribution in [2.24, 2.45) is 0 Å². The lowest BCUT2D eigenvalue weighted by atomic mass is 10.2. The van der Waals surface area contributed by atoms with Gasteiger partial charge in [-0.2, -0.15) is 0 Å². The van der Waals surface area contributed by atoms with Crippen molar-refractivity contribution in [3.05, 3.63) is 45.1 Å². The number of nitrogen functional groups attached to an aromatic ring is 1. The van der Waals surface area contributed by atoms with E-state index in [1.54, 1.807) is 17.4 Å². The van der Waals surface area contributed by atoms with Crippen LogP contribution in [-0.2, 0) is 6.42 Å². The van der Waals surface area contributed by atoms with Crippen LogP contribution in [0.5, 0.6) is 0 Å². The Morgan fingerprint density at radius 3 is 2.82 bits per heavy atom. The summed E-state index contributed by atoms with van der Waals surface area (Å²) >= 11 is 7.65. The highest BCUT2D eigenvalue weighted by Crippen LogP contribution is 2.23. The van der Waals surface area contributed by atoms with Crippen molar-refractivity contribution in [1.82, 2.24) is 0 Å². The molecular weight excluding hydrogens is 252 g/mol. The van der Waals surface area contributed by atoms with E-state index in [2.05, 4.69) is 23.7 Å². The van der Waals surface area contributed by atoms with Crippen molar-refractivity contribution in [1.29, 1.82) is 0 Å². The quantitative estimate of drug-likeness (QED) is 0.823. The van der Waals surface area contributed by atoms with E-state index >= 15 is 0 Å². The molecule has 0 atom stereocenters. The van der Waals surface area contributed by atoms with E-state index in [0.717, 1.165) is 18.7 Å². The maximum absolute atomic E-state index is 5.87. The number of hydrogen-bond acceptors (Lipinski definition) is 3. The Labute approximate surface area is 110 Å². The summed E-state index contributed by atoms with van der Waals surface area (Å²) in [6, 6.07) is 7.67. The minimum atomic E-state index is 0.669. The Balaban J connectivity index is 1.92. The molecule has 0 aliphatic rings. The van der Waals surface area contributed by atoms with Gasteiger partial charge in [-0.05, 0) is 48.6 Å². The van der Waals surface area contributed by atoms with Gasteiger partial charge in [0, 0.05) is 16.4 Å². The summed E-state index contributed by atoms with van der Waals surface area (Å²) in [5.41, 5.74) is 8.87. The predicted octanol–water partition coefficient (Wildman–Crippen LogP) is 3.95. The molecular formula is C13H15ClN2S. The molecule has 0 unspecified atom stereocenters. The van der Waals surface area contributed by atoms with Gasteiger partial charge in [0.1, 0.15) is 0 Å². The molecule has 1 heterocycles. The molecule has 2 rings (SSSR count). The Morgan fingerprint density at radius 1 is 1.35 bits per heavy atom. The van der Waals surface area contributed by atoms with E-state index in [1.165, 1.54) is 10.4 Å². The van der Waals surface area contributed by atoms with Crippen molar-refractivity contribution in [2.45, 2.75) is 13.3 Å². The SMILES string of the molecule is Cc1ccsc1CCNc1ccc(Cl)cc1N. The average molecular weight is 267 g/mol. The van der Waals surface area contributed by atoms with Crippen LogP contribution >= 0.6 is 22.9 Å². The third-order valence-corrected chi connectivity index (χ3v) is 3.97. The van der Waals surface area contributed by atoms with Crippen molar-refractivity contribution in [3.8, 4) is 0 Å². The molecule has 0 aliphatic heterocycles.